The molecule has 0 bridgehead atoms. The summed E-state index contributed by atoms with van der Waals surface area (Å²) in [4.78, 5) is 9.81. The molecular weight excluding hydrogens is 1040 g/mol. The van der Waals surface area contributed by atoms with E-state index in [1.165, 1.54) is 55.3 Å². The fourth-order valence-electron chi connectivity index (χ4n) is 14.1. The van der Waals surface area contributed by atoms with Crippen molar-refractivity contribution in [3.05, 3.63) is 299 Å². The fraction of sp³-hybridized carbons (Fsp3) is 0.100. The summed E-state index contributed by atoms with van der Waals surface area (Å²) < 4.78 is 5.17. The van der Waals surface area contributed by atoms with Crippen LogP contribution in [0.4, 0.5) is 68.2 Å². The number of aryl methyl sites for hydroxylation is 8. The Morgan fingerprint density at radius 1 is 0.209 bits per heavy atom. The second-order valence-electron chi connectivity index (χ2n) is 23.8. The summed E-state index contributed by atoms with van der Waals surface area (Å²) in [5.74, 6) is 0. The molecule has 0 fully saturated rings. The SMILES string of the molecule is Cc1cc(C)cc(N(c2ccccc2)c2ccc3c(c2)c2c(N(c4ccccc4)c4cc(C)cc(C)c4)ccc4c2n3c2ccc(N(c3ccccc3)c3cc(C)cc(C)c3)c3c5cc(N(c6ccccc6)c6cc(C)cc(C)c6)ccc5n4c32)c1. The summed E-state index contributed by atoms with van der Waals surface area (Å²) in [5, 5.41) is 4.66. The standard InChI is InChI=1S/C80H66N6/c1-51-37-52(2)42-65(41-51)81(59-21-13-9-14-22-59)63-29-31-71-69(49-63)77-73(83(61-25-17-11-18-26-61)67-45-55(5)39-56(6)46-67)33-35-75-79(77)85(71)76-36-34-74(84(62-27-19-12-20-28-62)68-47-57(7)40-58(8)48-68)78-70-50-64(30-32-72(70)86(75)80(76)78)82(60-23-15-10-16-24-60)66-43-53(3)38-54(4)44-66/h9-50H,1-8H3. The average molecular weight is 1110 g/mol. The molecule has 0 spiro atoms. The Kier molecular flexibility index (Phi) is 12.5. The van der Waals surface area contributed by atoms with Gasteiger partial charge in [-0.25, -0.2) is 0 Å². The van der Waals surface area contributed by atoms with Crippen molar-refractivity contribution in [3.8, 4) is 0 Å². The van der Waals surface area contributed by atoms with Gasteiger partial charge in [-0.2, -0.15) is 0 Å². The van der Waals surface area contributed by atoms with E-state index in [0.717, 1.165) is 112 Å². The van der Waals surface area contributed by atoms with Crippen molar-refractivity contribution >= 4 is 123 Å². The van der Waals surface area contributed by atoms with Gasteiger partial charge >= 0.3 is 0 Å². The number of aromatic nitrogens is 2. The van der Waals surface area contributed by atoms with Crippen LogP contribution in [0, 0.1) is 55.4 Å². The molecule has 0 saturated carbocycles. The van der Waals surface area contributed by atoms with Gasteiger partial charge in [-0.05, 0) is 258 Å². The van der Waals surface area contributed by atoms with Gasteiger partial charge in [-0.1, -0.05) is 97.1 Å². The number of anilines is 12. The Labute approximate surface area is 503 Å². The molecule has 0 saturated heterocycles. The van der Waals surface area contributed by atoms with Gasteiger partial charge in [-0.15, -0.1) is 0 Å². The van der Waals surface area contributed by atoms with Crippen LogP contribution in [0.5, 0.6) is 0 Å². The van der Waals surface area contributed by atoms with Crippen molar-refractivity contribution in [2.75, 3.05) is 19.6 Å². The summed E-state index contributed by atoms with van der Waals surface area (Å²) in [6.45, 7) is 17.6. The van der Waals surface area contributed by atoms with E-state index >= 15 is 0 Å². The van der Waals surface area contributed by atoms with Crippen LogP contribution >= 0.6 is 0 Å². The minimum absolute atomic E-state index is 1.08. The first-order valence-corrected chi connectivity index (χ1v) is 29.9. The predicted molar refractivity (Wildman–Crippen MR) is 366 cm³/mol. The van der Waals surface area contributed by atoms with Gasteiger partial charge in [-0.3, -0.25) is 0 Å². The summed E-state index contributed by atoms with van der Waals surface area (Å²) >= 11 is 0. The molecule has 15 rings (SSSR count). The highest BCUT2D eigenvalue weighted by atomic mass is 15.2. The molecule has 6 nitrogen and oxygen atoms in total. The van der Waals surface area contributed by atoms with Crippen molar-refractivity contribution in [1.29, 1.82) is 0 Å². The molecule has 0 N–H and O–H groups in total. The summed E-state index contributed by atoms with van der Waals surface area (Å²) in [6.07, 6.45) is 0. The van der Waals surface area contributed by atoms with Crippen molar-refractivity contribution in [3.63, 3.8) is 0 Å². The zero-order valence-corrected chi connectivity index (χ0v) is 49.9. The number of hydrogen-bond acceptors (Lipinski definition) is 4. The fourth-order valence-corrected chi connectivity index (χ4v) is 14.1. The number of fused-ring (bicyclic) bond motifs is 8. The zero-order valence-electron chi connectivity index (χ0n) is 49.9. The molecule has 0 atom stereocenters. The van der Waals surface area contributed by atoms with E-state index in [4.69, 9.17) is 0 Å². The van der Waals surface area contributed by atoms with Crippen molar-refractivity contribution in [2.45, 2.75) is 55.4 Å². The monoisotopic (exact) mass is 1110 g/mol. The van der Waals surface area contributed by atoms with E-state index in [1.807, 2.05) is 0 Å². The first-order valence-electron chi connectivity index (χ1n) is 29.9. The van der Waals surface area contributed by atoms with Gasteiger partial charge in [0.1, 0.15) is 0 Å². The third-order valence-electron chi connectivity index (χ3n) is 17.1. The van der Waals surface area contributed by atoms with Gasteiger partial charge in [0.25, 0.3) is 0 Å². The first kappa shape index (κ1) is 52.3. The molecule has 0 aliphatic rings. The maximum atomic E-state index is 2.59. The molecule has 3 aromatic heterocycles. The largest absolute Gasteiger partial charge is 0.310 e. The highest BCUT2D eigenvalue weighted by molar-refractivity contribution is 6.28. The highest BCUT2D eigenvalue weighted by Crippen LogP contribution is 2.52. The first-order chi connectivity index (χ1) is 41.9. The molecule has 0 radical (unpaired) electrons. The van der Waals surface area contributed by atoms with Crippen molar-refractivity contribution in [2.24, 2.45) is 0 Å². The second-order valence-corrected chi connectivity index (χ2v) is 23.8. The maximum absolute atomic E-state index is 2.59. The number of para-hydroxylation sites is 4. The summed E-state index contributed by atoms with van der Waals surface area (Å²) in [7, 11) is 0. The van der Waals surface area contributed by atoms with E-state index in [9.17, 15) is 0 Å². The van der Waals surface area contributed by atoms with Gasteiger partial charge in [0, 0.05) is 78.4 Å². The van der Waals surface area contributed by atoms with Crippen LogP contribution in [0.2, 0.25) is 0 Å². The van der Waals surface area contributed by atoms with Gasteiger partial charge in [0.2, 0.25) is 0 Å². The van der Waals surface area contributed by atoms with Crippen LogP contribution < -0.4 is 19.6 Å². The maximum Gasteiger partial charge on any atom is 0.0804 e. The Balaban J connectivity index is 1.12. The van der Waals surface area contributed by atoms with E-state index in [2.05, 4.69) is 339 Å². The molecule has 12 aromatic carbocycles. The number of benzene rings is 12. The highest BCUT2D eigenvalue weighted by Gasteiger charge is 2.30. The third kappa shape index (κ3) is 8.79. The lowest BCUT2D eigenvalue weighted by atomic mass is 10.0. The van der Waals surface area contributed by atoms with E-state index in [1.54, 1.807) is 0 Å². The molecule has 0 aliphatic carbocycles. The van der Waals surface area contributed by atoms with E-state index in [-0.39, 0.29) is 0 Å². The second kappa shape index (κ2) is 20.6. The predicted octanol–water partition coefficient (Wildman–Crippen LogP) is 22.6. The van der Waals surface area contributed by atoms with Gasteiger partial charge in [0.05, 0.1) is 44.5 Å². The Hall–Kier alpha value is -10.6. The molecule has 3 heterocycles. The van der Waals surface area contributed by atoms with Gasteiger partial charge < -0.3 is 28.4 Å². The minimum Gasteiger partial charge on any atom is -0.310 e. The quantitative estimate of drug-likeness (QED) is 0.114. The smallest absolute Gasteiger partial charge is 0.0804 e. The number of nitrogens with zero attached hydrogens (tertiary/aromatic N) is 6. The minimum atomic E-state index is 1.08. The van der Waals surface area contributed by atoms with Crippen LogP contribution in [0.25, 0.3) is 54.6 Å². The van der Waals surface area contributed by atoms with Crippen molar-refractivity contribution in [1.82, 2.24) is 8.80 Å². The molecule has 0 aliphatic heterocycles. The zero-order chi connectivity index (χ0) is 58.5. The Bertz CT molecular complexity index is 4700. The topological polar surface area (TPSA) is 21.8 Å². The van der Waals surface area contributed by atoms with E-state index in [0.29, 0.717) is 0 Å². The third-order valence-corrected chi connectivity index (χ3v) is 17.1. The van der Waals surface area contributed by atoms with Crippen LogP contribution in [0.15, 0.2) is 255 Å². The Morgan fingerprint density at radius 2 is 0.465 bits per heavy atom. The van der Waals surface area contributed by atoms with Crippen LogP contribution in [-0.2, 0) is 0 Å². The number of rotatable bonds is 12. The molecule has 0 amide bonds. The van der Waals surface area contributed by atoms with Gasteiger partial charge in [0.15, 0.2) is 0 Å². The van der Waals surface area contributed by atoms with Crippen LogP contribution in [0.3, 0.4) is 0 Å². The normalized spacial score (nSPS) is 11.7. The Morgan fingerprint density at radius 3 is 0.756 bits per heavy atom. The molecule has 86 heavy (non-hydrogen) atoms. The van der Waals surface area contributed by atoms with Crippen molar-refractivity contribution < 1.29 is 0 Å². The summed E-state index contributed by atoms with van der Waals surface area (Å²) in [5.41, 5.74) is 29.8. The van der Waals surface area contributed by atoms with Crippen LogP contribution in [0.1, 0.15) is 44.5 Å². The average Bonchev–Trinajstić information content (AvgIpc) is 1.53. The lowest BCUT2D eigenvalue weighted by Gasteiger charge is -2.28. The molecule has 0 unspecified atom stereocenters. The van der Waals surface area contributed by atoms with E-state index < -0.39 is 0 Å². The molecule has 6 heteroatoms. The number of hydrogen-bond donors (Lipinski definition) is 0. The molecular formula is C80H66N6. The summed E-state index contributed by atoms with van der Waals surface area (Å²) in [6, 6.07) is 95.0. The molecule has 416 valence electrons. The lowest BCUT2D eigenvalue weighted by Crippen LogP contribution is -2.12. The van der Waals surface area contributed by atoms with Crippen LogP contribution in [-0.4, -0.2) is 8.80 Å². The lowest BCUT2D eigenvalue weighted by molar-refractivity contribution is 1.23. The molecule has 15 aromatic rings.